The first-order valence-corrected chi connectivity index (χ1v) is 10.0. The van der Waals surface area contributed by atoms with Crippen molar-refractivity contribution in [3.63, 3.8) is 0 Å². The number of carbonyl (C=O) groups excluding carboxylic acids is 2. The number of hydrogen-bond donors (Lipinski definition) is 0. The molecule has 0 aliphatic rings. The Labute approximate surface area is 182 Å². The number of carbonyl (C=O) groups is 2. The number of aryl methyl sites for hydroxylation is 1. The van der Waals surface area contributed by atoms with Crippen LogP contribution in [0.25, 0.3) is 12.2 Å². The monoisotopic (exact) mass is 412 g/mol. The van der Waals surface area contributed by atoms with Crippen LogP contribution in [0.3, 0.4) is 0 Å². The van der Waals surface area contributed by atoms with Gasteiger partial charge in [0.1, 0.15) is 6.61 Å². The summed E-state index contributed by atoms with van der Waals surface area (Å²) in [7, 11) is 0. The van der Waals surface area contributed by atoms with Gasteiger partial charge in [0.2, 0.25) is 0 Å². The van der Waals surface area contributed by atoms with E-state index in [4.69, 9.17) is 9.47 Å². The van der Waals surface area contributed by atoms with Crippen LogP contribution in [0.5, 0.6) is 0 Å². The van der Waals surface area contributed by atoms with Crippen LogP contribution in [0.15, 0.2) is 97.1 Å². The molecule has 0 bridgehead atoms. The molecule has 0 heterocycles. The first-order valence-electron chi connectivity index (χ1n) is 10.0. The van der Waals surface area contributed by atoms with Crippen LogP contribution in [0.2, 0.25) is 0 Å². The average Bonchev–Trinajstić information content (AvgIpc) is 2.80. The molecule has 0 unspecified atom stereocenters. The van der Waals surface area contributed by atoms with Gasteiger partial charge in [-0.2, -0.15) is 0 Å². The van der Waals surface area contributed by atoms with E-state index >= 15 is 0 Å². The van der Waals surface area contributed by atoms with Crippen LogP contribution in [-0.2, 0) is 19.1 Å². The molecule has 156 valence electrons. The van der Waals surface area contributed by atoms with E-state index in [0.717, 1.165) is 22.3 Å². The predicted octanol–water partition coefficient (Wildman–Crippen LogP) is 5.55. The molecule has 0 amide bonds. The molecule has 0 saturated heterocycles. The van der Waals surface area contributed by atoms with E-state index in [0.29, 0.717) is 0 Å². The molecule has 0 spiro atoms. The third-order valence-electron chi connectivity index (χ3n) is 4.47. The fourth-order valence-corrected chi connectivity index (χ4v) is 2.91. The highest BCUT2D eigenvalue weighted by Crippen LogP contribution is 2.20. The number of ether oxygens (including phenoxy) is 2. The van der Waals surface area contributed by atoms with Crippen molar-refractivity contribution < 1.29 is 19.1 Å². The largest absolute Gasteiger partial charge is 0.458 e. The van der Waals surface area contributed by atoms with Crippen molar-refractivity contribution in [2.45, 2.75) is 13.0 Å². The molecule has 0 aliphatic heterocycles. The van der Waals surface area contributed by atoms with E-state index in [2.05, 4.69) is 0 Å². The van der Waals surface area contributed by atoms with Crippen LogP contribution < -0.4 is 0 Å². The van der Waals surface area contributed by atoms with Gasteiger partial charge in [-0.1, -0.05) is 90.5 Å². The van der Waals surface area contributed by atoms with Gasteiger partial charge in [-0.3, -0.25) is 0 Å². The molecule has 4 heteroatoms. The number of esters is 2. The third-order valence-corrected chi connectivity index (χ3v) is 4.47. The zero-order valence-corrected chi connectivity index (χ0v) is 17.3. The van der Waals surface area contributed by atoms with Crippen molar-refractivity contribution in [3.8, 4) is 0 Å². The quantitative estimate of drug-likeness (QED) is 0.360. The topological polar surface area (TPSA) is 52.6 Å². The maximum Gasteiger partial charge on any atom is 0.331 e. The summed E-state index contributed by atoms with van der Waals surface area (Å²) < 4.78 is 11.0. The lowest BCUT2D eigenvalue weighted by Gasteiger charge is -2.17. The summed E-state index contributed by atoms with van der Waals surface area (Å²) >= 11 is 0. The minimum atomic E-state index is -0.707. The van der Waals surface area contributed by atoms with Crippen LogP contribution >= 0.6 is 0 Å². The van der Waals surface area contributed by atoms with Crippen molar-refractivity contribution in [2.24, 2.45) is 0 Å². The smallest absolute Gasteiger partial charge is 0.331 e. The molecule has 0 aliphatic carbocycles. The lowest BCUT2D eigenvalue weighted by atomic mass is 10.1. The second-order valence-corrected chi connectivity index (χ2v) is 6.96. The van der Waals surface area contributed by atoms with E-state index in [1.807, 2.05) is 91.9 Å². The molecule has 4 nitrogen and oxygen atoms in total. The summed E-state index contributed by atoms with van der Waals surface area (Å²) in [4.78, 5) is 24.5. The maximum atomic E-state index is 12.4. The summed E-state index contributed by atoms with van der Waals surface area (Å²) in [6.07, 6.45) is 5.39. The summed E-state index contributed by atoms with van der Waals surface area (Å²) in [5, 5.41) is 0. The first-order chi connectivity index (χ1) is 15.1. The highest BCUT2D eigenvalue weighted by molar-refractivity contribution is 5.88. The van der Waals surface area contributed by atoms with Gasteiger partial charge in [0.25, 0.3) is 0 Å². The van der Waals surface area contributed by atoms with Crippen molar-refractivity contribution >= 4 is 24.1 Å². The molecule has 3 aromatic rings. The standard InChI is InChI=1S/C27H24O4/c1-21-9-8-14-24(19-21)25(31-27(29)18-16-23-12-6-3-7-13-23)20-30-26(28)17-15-22-10-4-2-5-11-22/h2-19,25H,20H2,1H3/b17-15+,18-16+/t25-/m0/s1. The van der Waals surface area contributed by atoms with E-state index in [1.165, 1.54) is 12.2 Å². The Hall–Kier alpha value is -3.92. The van der Waals surface area contributed by atoms with E-state index in [9.17, 15) is 9.59 Å². The SMILES string of the molecule is Cc1cccc([C@H](COC(=O)/C=C/c2ccccc2)OC(=O)/C=C/c2ccccc2)c1. The molecule has 3 rings (SSSR count). The molecule has 3 aromatic carbocycles. The molecule has 0 N–H and O–H groups in total. The fourth-order valence-electron chi connectivity index (χ4n) is 2.91. The van der Waals surface area contributed by atoms with E-state index in [1.54, 1.807) is 12.2 Å². The molecular formula is C27H24O4. The van der Waals surface area contributed by atoms with E-state index in [-0.39, 0.29) is 6.61 Å². The Morgan fingerprint density at radius 3 is 1.94 bits per heavy atom. The molecule has 31 heavy (non-hydrogen) atoms. The van der Waals surface area contributed by atoms with Gasteiger partial charge in [-0.25, -0.2) is 9.59 Å². The average molecular weight is 412 g/mol. The summed E-state index contributed by atoms with van der Waals surface area (Å²) in [5.74, 6) is -1.01. The highest BCUT2D eigenvalue weighted by Gasteiger charge is 2.18. The fraction of sp³-hybridized carbons (Fsp3) is 0.111. The van der Waals surface area contributed by atoms with Crippen molar-refractivity contribution in [3.05, 3.63) is 119 Å². The van der Waals surface area contributed by atoms with Crippen LogP contribution in [-0.4, -0.2) is 18.5 Å². The molecule has 0 saturated carbocycles. The van der Waals surface area contributed by atoms with Gasteiger partial charge in [0.05, 0.1) is 0 Å². The molecule has 0 fully saturated rings. The van der Waals surface area contributed by atoms with Crippen LogP contribution in [0.4, 0.5) is 0 Å². The maximum absolute atomic E-state index is 12.4. The van der Waals surface area contributed by atoms with Gasteiger partial charge in [0.15, 0.2) is 6.10 Å². The minimum absolute atomic E-state index is 0.0771. The summed E-state index contributed by atoms with van der Waals surface area (Å²) in [6, 6.07) is 26.5. The Balaban J connectivity index is 1.65. The van der Waals surface area contributed by atoms with Crippen molar-refractivity contribution in [2.75, 3.05) is 6.61 Å². The van der Waals surface area contributed by atoms with Gasteiger partial charge in [-0.15, -0.1) is 0 Å². The zero-order chi connectivity index (χ0) is 21.9. The molecule has 0 aromatic heterocycles. The van der Waals surface area contributed by atoms with Crippen LogP contribution in [0.1, 0.15) is 28.4 Å². The molecule has 1 atom stereocenters. The predicted molar refractivity (Wildman–Crippen MR) is 122 cm³/mol. The normalized spacial score (nSPS) is 12.0. The number of benzene rings is 3. The lowest BCUT2D eigenvalue weighted by Crippen LogP contribution is -2.17. The lowest BCUT2D eigenvalue weighted by molar-refractivity contribution is -0.153. The Kier molecular flexibility index (Phi) is 7.95. The Morgan fingerprint density at radius 2 is 1.35 bits per heavy atom. The molecular weight excluding hydrogens is 388 g/mol. The van der Waals surface area contributed by atoms with Crippen molar-refractivity contribution in [1.82, 2.24) is 0 Å². The van der Waals surface area contributed by atoms with Crippen molar-refractivity contribution in [1.29, 1.82) is 0 Å². The third kappa shape index (κ3) is 7.44. The highest BCUT2D eigenvalue weighted by atomic mass is 16.6. The summed E-state index contributed by atoms with van der Waals surface area (Å²) in [5.41, 5.74) is 3.58. The van der Waals surface area contributed by atoms with Gasteiger partial charge >= 0.3 is 11.9 Å². The number of rotatable bonds is 8. The van der Waals surface area contributed by atoms with Gasteiger partial charge < -0.3 is 9.47 Å². The van der Waals surface area contributed by atoms with E-state index < -0.39 is 18.0 Å². The minimum Gasteiger partial charge on any atom is -0.458 e. The molecule has 0 radical (unpaired) electrons. The second-order valence-electron chi connectivity index (χ2n) is 6.96. The first kappa shape index (κ1) is 21.8. The zero-order valence-electron chi connectivity index (χ0n) is 17.3. The van der Waals surface area contributed by atoms with Gasteiger partial charge in [-0.05, 0) is 35.8 Å². The van der Waals surface area contributed by atoms with Gasteiger partial charge in [0, 0.05) is 12.2 Å². The van der Waals surface area contributed by atoms with Crippen LogP contribution in [0, 0.1) is 6.92 Å². The summed E-state index contributed by atoms with van der Waals surface area (Å²) in [6.45, 7) is 1.87. The Bertz CT molecular complexity index is 1050. The Morgan fingerprint density at radius 1 is 0.774 bits per heavy atom. The number of hydrogen-bond acceptors (Lipinski definition) is 4. The second kappa shape index (κ2) is 11.3.